The zero-order chi connectivity index (χ0) is 19.2. The zero-order valence-corrected chi connectivity index (χ0v) is 16.4. The summed E-state index contributed by atoms with van der Waals surface area (Å²) in [6, 6.07) is 13.7. The largest absolute Gasteiger partial charge is 0.355 e. The highest BCUT2D eigenvalue weighted by atomic mass is 32.1. The highest BCUT2D eigenvalue weighted by Gasteiger charge is 2.09. The molecule has 0 saturated heterocycles. The van der Waals surface area contributed by atoms with Gasteiger partial charge < -0.3 is 10.6 Å². The van der Waals surface area contributed by atoms with E-state index in [2.05, 4.69) is 21.7 Å². The van der Waals surface area contributed by atoms with Gasteiger partial charge in [-0.2, -0.15) is 0 Å². The SMILES string of the molecule is Cc1cc(C)cc(C(=O)NCC(=O)NCCCc2nc3ccccc3s2)c1. The molecule has 0 aliphatic heterocycles. The summed E-state index contributed by atoms with van der Waals surface area (Å²) in [6.07, 6.45) is 1.64. The summed E-state index contributed by atoms with van der Waals surface area (Å²) in [5, 5.41) is 6.59. The molecule has 0 saturated carbocycles. The Morgan fingerprint density at radius 1 is 1.04 bits per heavy atom. The van der Waals surface area contributed by atoms with Gasteiger partial charge in [-0.25, -0.2) is 4.98 Å². The average molecular weight is 382 g/mol. The Morgan fingerprint density at radius 2 is 1.78 bits per heavy atom. The van der Waals surface area contributed by atoms with Crippen LogP contribution in [0, 0.1) is 13.8 Å². The summed E-state index contributed by atoms with van der Waals surface area (Å²) < 4.78 is 1.19. The molecule has 0 radical (unpaired) electrons. The molecule has 2 N–H and O–H groups in total. The second-order valence-electron chi connectivity index (χ2n) is 6.59. The standard InChI is InChI=1S/C21H23N3O2S/c1-14-10-15(2)12-16(11-14)21(26)23-13-19(25)22-9-5-8-20-24-17-6-3-4-7-18(17)27-20/h3-4,6-7,10-12H,5,8-9,13H2,1-2H3,(H,22,25)(H,23,26). The van der Waals surface area contributed by atoms with Crippen molar-refractivity contribution in [2.75, 3.05) is 13.1 Å². The molecule has 140 valence electrons. The first kappa shape index (κ1) is 19.0. The van der Waals surface area contributed by atoms with Crippen molar-refractivity contribution in [1.29, 1.82) is 0 Å². The van der Waals surface area contributed by atoms with E-state index in [9.17, 15) is 9.59 Å². The maximum atomic E-state index is 12.2. The Kier molecular flexibility index (Phi) is 6.19. The molecule has 1 aromatic heterocycles. The summed E-state index contributed by atoms with van der Waals surface area (Å²) in [5.41, 5.74) is 3.66. The highest BCUT2D eigenvalue weighted by Crippen LogP contribution is 2.22. The van der Waals surface area contributed by atoms with Crippen LogP contribution in [0.3, 0.4) is 0 Å². The molecule has 0 bridgehead atoms. The van der Waals surface area contributed by atoms with Gasteiger partial charge in [0.1, 0.15) is 0 Å². The molecule has 3 rings (SSSR count). The van der Waals surface area contributed by atoms with Gasteiger partial charge in [0.05, 0.1) is 21.8 Å². The number of aromatic nitrogens is 1. The van der Waals surface area contributed by atoms with Crippen molar-refractivity contribution >= 4 is 33.4 Å². The molecule has 0 spiro atoms. The topological polar surface area (TPSA) is 71.1 Å². The number of benzene rings is 2. The van der Waals surface area contributed by atoms with Crippen LogP contribution in [-0.4, -0.2) is 29.9 Å². The minimum absolute atomic E-state index is 0.0209. The van der Waals surface area contributed by atoms with Crippen molar-refractivity contribution in [3.63, 3.8) is 0 Å². The van der Waals surface area contributed by atoms with E-state index in [0.717, 1.165) is 34.5 Å². The van der Waals surface area contributed by atoms with E-state index in [1.807, 2.05) is 50.2 Å². The smallest absolute Gasteiger partial charge is 0.251 e. The molecule has 0 unspecified atom stereocenters. The molecular weight excluding hydrogens is 358 g/mol. The number of para-hydroxylation sites is 1. The number of nitrogens with zero attached hydrogens (tertiary/aromatic N) is 1. The first-order chi connectivity index (χ1) is 13.0. The second kappa shape index (κ2) is 8.77. The third kappa shape index (κ3) is 5.37. The first-order valence-electron chi connectivity index (χ1n) is 8.99. The fourth-order valence-corrected chi connectivity index (χ4v) is 3.93. The first-order valence-corrected chi connectivity index (χ1v) is 9.80. The number of nitrogens with one attached hydrogen (secondary N) is 2. The molecule has 1 heterocycles. The summed E-state index contributed by atoms with van der Waals surface area (Å²) in [5.74, 6) is -0.413. The van der Waals surface area contributed by atoms with Gasteiger partial charge >= 0.3 is 0 Å². The van der Waals surface area contributed by atoms with Crippen LogP contribution in [0.1, 0.15) is 32.9 Å². The lowest BCUT2D eigenvalue weighted by Crippen LogP contribution is -2.37. The maximum absolute atomic E-state index is 12.2. The van der Waals surface area contributed by atoms with E-state index >= 15 is 0 Å². The Morgan fingerprint density at radius 3 is 2.52 bits per heavy atom. The van der Waals surface area contributed by atoms with E-state index in [1.165, 1.54) is 4.70 Å². The van der Waals surface area contributed by atoms with Gasteiger partial charge in [-0.15, -0.1) is 11.3 Å². The van der Waals surface area contributed by atoms with Crippen molar-refractivity contribution < 1.29 is 9.59 Å². The van der Waals surface area contributed by atoms with Crippen molar-refractivity contribution in [2.24, 2.45) is 0 Å². The fourth-order valence-electron chi connectivity index (χ4n) is 2.93. The molecule has 2 amide bonds. The monoisotopic (exact) mass is 381 g/mol. The van der Waals surface area contributed by atoms with E-state index < -0.39 is 0 Å². The summed E-state index contributed by atoms with van der Waals surface area (Å²) >= 11 is 1.69. The lowest BCUT2D eigenvalue weighted by atomic mass is 10.1. The summed E-state index contributed by atoms with van der Waals surface area (Å²) in [6.45, 7) is 4.44. The summed E-state index contributed by atoms with van der Waals surface area (Å²) in [4.78, 5) is 28.7. The Bertz CT molecular complexity index is 912. The number of carbonyl (C=O) groups is 2. The Balaban J connectivity index is 1.38. The van der Waals surface area contributed by atoms with E-state index in [1.54, 1.807) is 11.3 Å². The average Bonchev–Trinajstić information content (AvgIpc) is 3.05. The lowest BCUT2D eigenvalue weighted by molar-refractivity contribution is -0.120. The minimum Gasteiger partial charge on any atom is -0.355 e. The number of amides is 2. The van der Waals surface area contributed by atoms with Gasteiger partial charge in [0.25, 0.3) is 5.91 Å². The van der Waals surface area contributed by atoms with Gasteiger partial charge in [0.15, 0.2) is 0 Å². The van der Waals surface area contributed by atoms with Crippen molar-refractivity contribution in [2.45, 2.75) is 26.7 Å². The third-order valence-corrected chi connectivity index (χ3v) is 5.22. The maximum Gasteiger partial charge on any atom is 0.251 e. The van der Waals surface area contributed by atoms with Gasteiger partial charge in [-0.05, 0) is 44.5 Å². The van der Waals surface area contributed by atoms with E-state index in [0.29, 0.717) is 12.1 Å². The van der Waals surface area contributed by atoms with Crippen LogP contribution >= 0.6 is 11.3 Å². The van der Waals surface area contributed by atoms with Gasteiger partial charge in [0.2, 0.25) is 5.91 Å². The molecule has 3 aromatic rings. The molecule has 0 aliphatic rings. The summed E-state index contributed by atoms with van der Waals surface area (Å²) in [7, 11) is 0. The number of fused-ring (bicyclic) bond motifs is 1. The molecule has 27 heavy (non-hydrogen) atoms. The van der Waals surface area contributed by atoms with Crippen molar-refractivity contribution in [3.05, 3.63) is 64.2 Å². The highest BCUT2D eigenvalue weighted by molar-refractivity contribution is 7.18. The van der Waals surface area contributed by atoms with Crippen LogP contribution in [0.15, 0.2) is 42.5 Å². The van der Waals surface area contributed by atoms with E-state index in [4.69, 9.17) is 0 Å². The van der Waals surface area contributed by atoms with Crippen molar-refractivity contribution in [1.82, 2.24) is 15.6 Å². The van der Waals surface area contributed by atoms with Crippen LogP contribution in [0.5, 0.6) is 0 Å². The number of aryl methyl sites for hydroxylation is 3. The zero-order valence-electron chi connectivity index (χ0n) is 15.5. The molecular formula is C21H23N3O2S. The minimum atomic E-state index is -0.230. The quantitative estimate of drug-likeness (QED) is 0.616. The molecule has 0 atom stereocenters. The van der Waals surface area contributed by atoms with Crippen LogP contribution in [-0.2, 0) is 11.2 Å². The molecule has 5 nitrogen and oxygen atoms in total. The number of thiazole rings is 1. The number of hydrogen-bond donors (Lipinski definition) is 2. The Labute approximate surface area is 162 Å². The predicted octanol–water partition coefficient (Wildman–Crippen LogP) is 3.39. The second-order valence-corrected chi connectivity index (χ2v) is 7.70. The van der Waals surface area contributed by atoms with Gasteiger partial charge in [-0.1, -0.05) is 29.3 Å². The number of rotatable bonds is 7. The van der Waals surface area contributed by atoms with Crippen LogP contribution in [0.2, 0.25) is 0 Å². The van der Waals surface area contributed by atoms with Crippen LogP contribution < -0.4 is 10.6 Å². The number of hydrogen-bond acceptors (Lipinski definition) is 4. The fraction of sp³-hybridized carbons (Fsp3) is 0.286. The van der Waals surface area contributed by atoms with Crippen LogP contribution in [0.25, 0.3) is 10.2 Å². The molecule has 0 fully saturated rings. The van der Waals surface area contributed by atoms with Crippen molar-refractivity contribution in [3.8, 4) is 0 Å². The lowest BCUT2D eigenvalue weighted by Gasteiger charge is -2.08. The Hall–Kier alpha value is -2.73. The molecule has 0 aliphatic carbocycles. The molecule has 6 heteroatoms. The normalized spacial score (nSPS) is 10.7. The molecule has 2 aromatic carbocycles. The number of carbonyl (C=O) groups excluding carboxylic acids is 2. The third-order valence-electron chi connectivity index (χ3n) is 4.12. The van der Waals surface area contributed by atoms with E-state index in [-0.39, 0.29) is 18.4 Å². The predicted molar refractivity (Wildman–Crippen MR) is 109 cm³/mol. The van der Waals surface area contributed by atoms with Gasteiger partial charge in [0, 0.05) is 18.5 Å². The van der Waals surface area contributed by atoms with Crippen LogP contribution in [0.4, 0.5) is 0 Å². The van der Waals surface area contributed by atoms with Gasteiger partial charge in [-0.3, -0.25) is 9.59 Å².